The maximum atomic E-state index is 8.94. The molecule has 19 heavy (non-hydrogen) atoms. The van der Waals surface area contributed by atoms with Gasteiger partial charge in [-0.25, -0.2) is 9.97 Å². The van der Waals surface area contributed by atoms with Crippen molar-refractivity contribution >= 4 is 5.95 Å². The van der Waals surface area contributed by atoms with Crippen molar-refractivity contribution < 1.29 is 4.74 Å². The van der Waals surface area contributed by atoms with Gasteiger partial charge in [-0.2, -0.15) is 5.26 Å². The van der Waals surface area contributed by atoms with Crippen LogP contribution in [0.15, 0.2) is 12.3 Å². The summed E-state index contributed by atoms with van der Waals surface area (Å²) < 4.78 is 5.60. The Morgan fingerprint density at radius 1 is 1.37 bits per heavy atom. The van der Waals surface area contributed by atoms with Crippen LogP contribution in [0, 0.1) is 17.2 Å². The lowest BCUT2D eigenvalue weighted by Crippen LogP contribution is -2.40. The minimum atomic E-state index is 0.440. The van der Waals surface area contributed by atoms with Crippen molar-refractivity contribution in [2.75, 3.05) is 24.7 Å². The van der Waals surface area contributed by atoms with Gasteiger partial charge in [0, 0.05) is 31.3 Å². The number of anilines is 1. The Morgan fingerprint density at radius 3 is 3.11 bits per heavy atom. The first-order valence-electron chi connectivity index (χ1n) is 6.96. The molecule has 2 aliphatic heterocycles. The SMILES string of the molecule is N#Cc1ccnc(N2CCCC2C2CCCOC2)n1. The standard InChI is InChI=1S/C14H18N4O/c15-9-12-5-6-16-14(17-12)18-7-1-4-13(18)11-3-2-8-19-10-11/h5-6,11,13H,1-4,7-8,10H2. The fourth-order valence-electron chi connectivity index (χ4n) is 3.15. The summed E-state index contributed by atoms with van der Waals surface area (Å²) in [6, 6.07) is 4.20. The van der Waals surface area contributed by atoms with Gasteiger partial charge in [-0.3, -0.25) is 0 Å². The highest BCUT2D eigenvalue weighted by atomic mass is 16.5. The Labute approximate surface area is 113 Å². The first-order chi connectivity index (χ1) is 9.38. The molecule has 3 rings (SSSR count). The van der Waals surface area contributed by atoms with E-state index in [1.807, 2.05) is 0 Å². The van der Waals surface area contributed by atoms with Crippen molar-refractivity contribution in [2.24, 2.45) is 5.92 Å². The molecule has 5 nitrogen and oxygen atoms in total. The molecule has 2 aliphatic rings. The fraction of sp³-hybridized carbons (Fsp3) is 0.643. The van der Waals surface area contributed by atoms with E-state index < -0.39 is 0 Å². The topological polar surface area (TPSA) is 62.0 Å². The largest absolute Gasteiger partial charge is 0.381 e. The van der Waals surface area contributed by atoms with E-state index in [4.69, 9.17) is 10.00 Å². The van der Waals surface area contributed by atoms with Crippen molar-refractivity contribution in [2.45, 2.75) is 31.7 Å². The van der Waals surface area contributed by atoms with E-state index in [2.05, 4.69) is 20.9 Å². The van der Waals surface area contributed by atoms with Crippen LogP contribution in [0.25, 0.3) is 0 Å². The molecule has 0 bridgehead atoms. The van der Waals surface area contributed by atoms with Gasteiger partial charge in [0.2, 0.25) is 5.95 Å². The summed E-state index contributed by atoms with van der Waals surface area (Å²) in [5.74, 6) is 1.28. The van der Waals surface area contributed by atoms with Crippen LogP contribution in [0.1, 0.15) is 31.4 Å². The molecule has 2 unspecified atom stereocenters. The molecule has 0 aromatic carbocycles. The van der Waals surface area contributed by atoms with Crippen LogP contribution in [-0.2, 0) is 4.74 Å². The molecule has 3 heterocycles. The Hall–Kier alpha value is -1.67. The van der Waals surface area contributed by atoms with E-state index in [0.29, 0.717) is 23.6 Å². The first kappa shape index (κ1) is 12.4. The third-order valence-electron chi connectivity index (χ3n) is 4.05. The minimum absolute atomic E-state index is 0.440. The second-order valence-corrected chi connectivity index (χ2v) is 5.23. The van der Waals surface area contributed by atoms with Crippen LogP contribution < -0.4 is 4.90 Å². The molecular weight excluding hydrogens is 240 g/mol. The summed E-state index contributed by atoms with van der Waals surface area (Å²) >= 11 is 0. The maximum absolute atomic E-state index is 8.94. The van der Waals surface area contributed by atoms with Crippen LogP contribution in [0.5, 0.6) is 0 Å². The summed E-state index contributed by atoms with van der Waals surface area (Å²) in [4.78, 5) is 10.9. The molecule has 5 heteroatoms. The summed E-state index contributed by atoms with van der Waals surface area (Å²) in [7, 11) is 0. The minimum Gasteiger partial charge on any atom is -0.381 e. The van der Waals surface area contributed by atoms with E-state index in [0.717, 1.165) is 26.2 Å². The number of ether oxygens (including phenoxy) is 1. The maximum Gasteiger partial charge on any atom is 0.226 e. The number of nitrogens with zero attached hydrogens (tertiary/aromatic N) is 4. The summed E-state index contributed by atoms with van der Waals surface area (Å²) in [6.45, 7) is 2.72. The summed E-state index contributed by atoms with van der Waals surface area (Å²) in [5, 5.41) is 8.94. The number of aromatic nitrogens is 2. The summed E-state index contributed by atoms with van der Waals surface area (Å²) in [5.41, 5.74) is 0.440. The number of hydrogen-bond donors (Lipinski definition) is 0. The second-order valence-electron chi connectivity index (χ2n) is 5.23. The van der Waals surface area contributed by atoms with Gasteiger partial charge in [0.1, 0.15) is 11.8 Å². The quantitative estimate of drug-likeness (QED) is 0.808. The van der Waals surface area contributed by atoms with Crippen molar-refractivity contribution in [1.29, 1.82) is 5.26 Å². The lowest BCUT2D eigenvalue weighted by Gasteiger charge is -2.33. The molecule has 0 amide bonds. The zero-order valence-electron chi connectivity index (χ0n) is 11.0. The smallest absolute Gasteiger partial charge is 0.226 e. The van der Waals surface area contributed by atoms with E-state index in [1.54, 1.807) is 12.3 Å². The van der Waals surface area contributed by atoms with Crippen LogP contribution >= 0.6 is 0 Å². The van der Waals surface area contributed by atoms with Gasteiger partial charge in [0.25, 0.3) is 0 Å². The Morgan fingerprint density at radius 2 is 2.32 bits per heavy atom. The monoisotopic (exact) mass is 258 g/mol. The van der Waals surface area contributed by atoms with Gasteiger partial charge < -0.3 is 9.64 Å². The lowest BCUT2D eigenvalue weighted by molar-refractivity contribution is 0.0453. The Kier molecular flexibility index (Phi) is 3.60. The zero-order valence-corrected chi connectivity index (χ0v) is 11.0. The van der Waals surface area contributed by atoms with Gasteiger partial charge >= 0.3 is 0 Å². The molecule has 100 valence electrons. The highest BCUT2D eigenvalue weighted by Gasteiger charge is 2.34. The molecule has 2 saturated heterocycles. The van der Waals surface area contributed by atoms with Gasteiger partial charge in [0.05, 0.1) is 6.61 Å². The first-order valence-corrected chi connectivity index (χ1v) is 6.96. The van der Waals surface area contributed by atoms with Crippen molar-refractivity contribution in [3.8, 4) is 6.07 Å². The van der Waals surface area contributed by atoms with Crippen molar-refractivity contribution in [3.63, 3.8) is 0 Å². The number of rotatable bonds is 2. The molecule has 1 aromatic heterocycles. The average molecular weight is 258 g/mol. The van der Waals surface area contributed by atoms with Crippen molar-refractivity contribution in [1.82, 2.24) is 9.97 Å². The normalized spacial score (nSPS) is 27.2. The molecule has 2 fully saturated rings. The molecule has 2 atom stereocenters. The van der Waals surface area contributed by atoms with Gasteiger partial charge in [-0.05, 0) is 31.7 Å². The van der Waals surface area contributed by atoms with E-state index >= 15 is 0 Å². The Balaban J connectivity index is 1.80. The summed E-state index contributed by atoms with van der Waals surface area (Å²) in [6.07, 6.45) is 6.39. The third kappa shape index (κ3) is 2.54. The van der Waals surface area contributed by atoms with Gasteiger partial charge in [0.15, 0.2) is 0 Å². The highest BCUT2D eigenvalue weighted by Crippen LogP contribution is 2.31. The molecule has 0 saturated carbocycles. The zero-order chi connectivity index (χ0) is 13.1. The Bertz CT molecular complexity index is 479. The second kappa shape index (κ2) is 5.54. The molecule has 0 aliphatic carbocycles. The number of hydrogen-bond acceptors (Lipinski definition) is 5. The number of nitriles is 1. The lowest BCUT2D eigenvalue weighted by atomic mass is 9.92. The van der Waals surface area contributed by atoms with E-state index in [1.165, 1.54) is 19.3 Å². The third-order valence-corrected chi connectivity index (χ3v) is 4.05. The van der Waals surface area contributed by atoms with Crippen LogP contribution in [0.2, 0.25) is 0 Å². The van der Waals surface area contributed by atoms with Crippen LogP contribution in [-0.4, -0.2) is 35.8 Å². The molecule has 0 N–H and O–H groups in total. The molecule has 1 aromatic rings. The predicted octanol–water partition coefficient (Wildman–Crippen LogP) is 1.74. The predicted molar refractivity (Wildman–Crippen MR) is 70.7 cm³/mol. The average Bonchev–Trinajstić information content (AvgIpc) is 2.98. The van der Waals surface area contributed by atoms with Gasteiger partial charge in [-0.15, -0.1) is 0 Å². The van der Waals surface area contributed by atoms with Gasteiger partial charge in [-0.1, -0.05) is 0 Å². The van der Waals surface area contributed by atoms with Crippen molar-refractivity contribution in [3.05, 3.63) is 18.0 Å². The van der Waals surface area contributed by atoms with Crippen LogP contribution in [0.3, 0.4) is 0 Å². The van der Waals surface area contributed by atoms with E-state index in [-0.39, 0.29) is 0 Å². The van der Waals surface area contributed by atoms with E-state index in [9.17, 15) is 0 Å². The highest BCUT2D eigenvalue weighted by molar-refractivity contribution is 5.36. The molecule has 0 spiro atoms. The fourth-order valence-corrected chi connectivity index (χ4v) is 3.15. The van der Waals surface area contributed by atoms with Crippen LogP contribution in [0.4, 0.5) is 5.95 Å². The molecular formula is C14H18N4O. The molecule has 0 radical (unpaired) electrons.